The summed E-state index contributed by atoms with van der Waals surface area (Å²) in [6.07, 6.45) is 6.79. The molecule has 2 atom stereocenters. The normalized spacial score (nSPS) is 38.4. The van der Waals surface area contributed by atoms with Crippen molar-refractivity contribution in [2.75, 3.05) is 12.8 Å². The summed E-state index contributed by atoms with van der Waals surface area (Å²) in [5.74, 6) is 1.39. The fraction of sp³-hybridized carbons (Fsp3) is 0.611. The first-order chi connectivity index (χ1) is 10.1. The molecular weight excluding hydrogens is 298 g/mol. The summed E-state index contributed by atoms with van der Waals surface area (Å²) in [7, 11) is 1.54. The Bertz CT molecular complexity index is 569. The Balaban J connectivity index is 0.00000144. The maximum absolute atomic E-state index is 12.5. The Labute approximate surface area is 138 Å². The highest BCUT2D eigenvalue weighted by molar-refractivity contribution is 5.85. The Kier molecular flexibility index (Phi) is 3.67. The van der Waals surface area contributed by atoms with Crippen LogP contribution in [0.2, 0.25) is 0 Å². The molecule has 5 rings (SSSR count). The second kappa shape index (κ2) is 5.16. The first kappa shape index (κ1) is 15.7. The molecule has 0 aliphatic heterocycles. The summed E-state index contributed by atoms with van der Waals surface area (Å²) in [5.41, 5.74) is 7.98. The zero-order valence-corrected chi connectivity index (χ0v) is 13.8. The number of nitrogen functional groups attached to an aromatic ring is 1. The number of esters is 1. The van der Waals surface area contributed by atoms with Crippen LogP contribution in [0.15, 0.2) is 24.3 Å². The Morgan fingerprint density at radius 2 is 1.73 bits per heavy atom. The molecule has 0 heterocycles. The number of methoxy groups -OCH3 is 1. The highest BCUT2D eigenvalue weighted by atomic mass is 35.5. The van der Waals surface area contributed by atoms with Crippen molar-refractivity contribution in [1.29, 1.82) is 0 Å². The minimum atomic E-state index is -0.222. The first-order valence-electron chi connectivity index (χ1n) is 8.00. The minimum Gasteiger partial charge on any atom is -0.469 e. The lowest BCUT2D eigenvalue weighted by Crippen LogP contribution is -2.57. The van der Waals surface area contributed by atoms with Gasteiger partial charge < -0.3 is 10.5 Å². The van der Waals surface area contributed by atoms with Crippen LogP contribution in [0.4, 0.5) is 5.69 Å². The van der Waals surface area contributed by atoms with E-state index in [0.717, 1.165) is 24.9 Å². The molecule has 1 aromatic rings. The first-order valence-corrected chi connectivity index (χ1v) is 8.00. The zero-order chi connectivity index (χ0) is 14.7. The van der Waals surface area contributed by atoms with Crippen molar-refractivity contribution >= 4 is 24.1 Å². The quantitative estimate of drug-likeness (QED) is 0.667. The second-order valence-electron chi connectivity index (χ2n) is 7.64. The SMILES string of the molecule is COC(=O)C12CC3CC(C1)CC(c1ccc(N)cc1)(C3)C2.Cl. The van der Waals surface area contributed by atoms with Crippen LogP contribution >= 0.6 is 12.4 Å². The standard InChI is InChI=1S/C18H23NO2.ClH/c1-21-16(20)18-9-12-6-13(10-18)8-17(7-12,11-18)14-2-4-15(19)5-3-14;/h2-5,12-13H,6-11,19H2,1H3;1H. The smallest absolute Gasteiger partial charge is 0.311 e. The van der Waals surface area contributed by atoms with E-state index in [1.54, 1.807) is 0 Å². The number of carbonyl (C=O) groups excluding carboxylic acids is 1. The van der Waals surface area contributed by atoms with Crippen LogP contribution < -0.4 is 5.73 Å². The molecule has 0 radical (unpaired) electrons. The fourth-order valence-corrected chi connectivity index (χ4v) is 5.89. The number of nitrogens with two attached hydrogens (primary N) is 1. The summed E-state index contributed by atoms with van der Waals surface area (Å²) < 4.78 is 5.18. The largest absolute Gasteiger partial charge is 0.469 e. The van der Waals surface area contributed by atoms with Crippen LogP contribution in [0.25, 0.3) is 0 Å². The molecule has 0 spiro atoms. The predicted molar refractivity (Wildman–Crippen MR) is 88.9 cm³/mol. The van der Waals surface area contributed by atoms with E-state index in [-0.39, 0.29) is 29.2 Å². The van der Waals surface area contributed by atoms with E-state index in [2.05, 4.69) is 12.1 Å². The molecule has 4 bridgehead atoms. The monoisotopic (exact) mass is 321 g/mol. The van der Waals surface area contributed by atoms with E-state index < -0.39 is 0 Å². The average molecular weight is 322 g/mol. The zero-order valence-electron chi connectivity index (χ0n) is 13.0. The van der Waals surface area contributed by atoms with Crippen molar-refractivity contribution in [3.8, 4) is 0 Å². The molecule has 120 valence electrons. The highest BCUT2D eigenvalue weighted by Gasteiger charge is 2.61. The molecule has 4 aliphatic rings. The summed E-state index contributed by atoms with van der Waals surface area (Å²) in [6, 6.07) is 8.35. The molecule has 2 unspecified atom stereocenters. The van der Waals surface area contributed by atoms with Crippen LogP contribution in [0.1, 0.15) is 44.1 Å². The molecule has 1 aromatic carbocycles. The highest BCUT2D eigenvalue weighted by Crippen LogP contribution is 2.66. The number of halogens is 1. The molecule has 0 amide bonds. The van der Waals surface area contributed by atoms with Gasteiger partial charge in [-0.25, -0.2) is 0 Å². The number of hydrogen-bond donors (Lipinski definition) is 1. The molecule has 0 saturated heterocycles. The predicted octanol–water partition coefficient (Wildman–Crippen LogP) is 3.70. The van der Waals surface area contributed by atoms with Crippen molar-refractivity contribution in [2.24, 2.45) is 17.3 Å². The van der Waals surface area contributed by atoms with Gasteiger partial charge in [0.05, 0.1) is 12.5 Å². The van der Waals surface area contributed by atoms with E-state index in [1.165, 1.54) is 31.9 Å². The molecule has 0 aromatic heterocycles. The molecule has 22 heavy (non-hydrogen) atoms. The van der Waals surface area contributed by atoms with Gasteiger partial charge in [0.2, 0.25) is 0 Å². The maximum atomic E-state index is 12.5. The van der Waals surface area contributed by atoms with E-state index in [0.29, 0.717) is 11.8 Å². The van der Waals surface area contributed by atoms with Gasteiger partial charge in [0.15, 0.2) is 0 Å². The molecule has 4 saturated carbocycles. The van der Waals surface area contributed by atoms with Crippen molar-refractivity contribution in [3.63, 3.8) is 0 Å². The fourth-order valence-electron chi connectivity index (χ4n) is 5.89. The molecule has 4 aliphatic carbocycles. The van der Waals surface area contributed by atoms with Crippen LogP contribution in [-0.4, -0.2) is 13.1 Å². The van der Waals surface area contributed by atoms with Gasteiger partial charge in [-0.1, -0.05) is 12.1 Å². The molecule has 2 N–H and O–H groups in total. The van der Waals surface area contributed by atoms with E-state index in [4.69, 9.17) is 10.5 Å². The maximum Gasteiger partial charge on any atom is 0.311 e. The summed E-state index contributed by atoms with van der Waals surface area (Å²) in [6.45, 7) is 0. The van der Waals surface area contributed by atoms with Crippen molar-refractivity contribution < 1.29 is 9.53 Å². The summed E-state index contributed by atoms with van der Waals surface area (Å²) in [4.78, 5) is 12.5. The van der Waals surface area contributed by atoms with Crippen LogP contribution in [0.5, 0.6) is 0 Å². The number of carbonyl (C=O) groups is 1. The number of anilines is 1. The van der Waals surface area contributed by atoms with E-state index in [9.17, 15) is 4.79 Å². The summed E-state index contributed by atoms with van der Waals surface area (Å²) in [5, 5.41) is 0. The van der Waals surface area contributed by atoms with Crippen molar-refractivity contribution in [1.82, 2.24) is 0 Å². The van der Waals surface area contributed by atoms with Gasteiger partial charge in [-0.15, -0.1) is 12.4 Å². The third-order valence-corrected chi connectivity index (χ3v) is 6.20. The number of rotatable bonds is 2. The Morgan fingerprint density at radius 1 is 1.14 bits per heavy atom. The minimum absolute atomic E-state index is 0. The van der Waals surface area contributed by atoms with Gasteiger partial charge >= 0.3 is 5.97 Å². The lowest BCUT2D eigenvalue weighted by atomic mass is 9.43. The average Bonchev–Trinajstić information content (AvgIpc) is 2.45. The van der Waals surface area contributed by atoms with Gasteiger partial charge in [0.1, 0.15) is 0 Å². The topological polar surface area (TPSA) is 52.3 Å². The third kappa shape index (κ3) is 2.13. The van der Waals surface area contributed by atoms with Crippen LogP contribution in [0.3, 0.4) is 0 Å². The lowest BCUT2D eigenvalue weighted by Gasteiger charge is -2.61. The number of ether oxygens (including phenoxy) is 1. The molecule has 3 nitrogen and oxygen atoms in total. The van der Waals surface area contributed by atoms with E-state index in [1.807, 2.05) is 12.1 Å². The molecule has 4 fully saturated rings. The summed E-state index contributed by atoms with van der Waals surface area (Å²) >= 11 is 0. The Morgan fingerprint density at radius 3 is 2.27 bits per heavy atom. The number of hydrogen-bond acceptors (Lipinski definition) is 3. The van der Waals surface area contributed by atoms with Gasteiger partial charge in [0, 0.05) is 5.69 Å². The lowest BCUT2D eigenvalue weighted by molar-refractivity contribution is -0.171. The molecular formula is C18H24ClNO2. The Hall–Kier alpha value is -1.22. The van der Waals surface area contributed by atoms with Crippen molar-refractivity contribution in [2.45, 2.75) is 43.9 Å². The van der Waals surface area contributed by atoms with Gasteiger partial charge in [0.25, 0.3) is 0 Å². The van der Waals surface area contributed by atoms with E-state index >= 15 is 0 Å². The van der Waals surface area contributed by atoms with Crippen LogP contribution in [0, 0.1) is 17.3 Å². The van der Waals surface area contributed by atoms with Gasteiger partial charge in [-0.05, 0) is 73.5 Å². The second-order valence-corrected chi connectivity index (χ2v) is 7.64. The van der Waals surface area contributed by atoms with Crippen LogP contribution in [-0.2, 0) is 14.9 Å². The molecule has 4 heteroatoms. The van der Waals surface area contributed by atoms with Gasteiger partial charge in [-0.2, -0.15) is 0 Å². The third-order valence-electron chi connectivity index (χ3n) is 6.20. The van der Waals surface area contributed by atoms with Crippen molar-refractivity contribution in [3.05, 3.63) is 29.8 Å². The van der Waals surface area contributed by atoms with Gasteiger partial charge in [-0.3, -0.25) is 4.79 Å². The number of benzene rings is 1.